The fourth-order valence-corrected chi connectivity index (χ4v) is 2.88. The number of anilines is 2. The van der Waals surface area contributed by atoms with Crippen LogP contribution in [0.1, 0.15) is 17.8 Å². The Bertz CT molecular complexity index is 722. The van der Waals surface area contributed by atoms with E-state index >= 15 is 0 Å². The van der Waals surface area contributed by atoms with Crippen molar-refractivity contribution in [3.8, 4) is 0 Å². The molecule has 3 aromatic rings. The van der Waals surface area contributed by atoms with Crippen molar-refractivity contribution in [1.82, 2.24) is 4.98 Å². The zero-order chi connectivity index (χ0) is 13.4. The highest BCUT2D eigenvalue weighted by atomic mass is 35.5. The van der Waals surface area contributed by atoms with Gasteiger partial charge in [0.2, 0.25) is 0 Å². The summed E-state index contributed by atoms with van der Waals surface area (Å²) in [5, 5.41) is 3.21. The summed E-state index contributed by atoms with van der Waals surface area (Å²) in [4.78, 5) is 5.50. The zero-order valence-corrected chi connectivity index (χ0v) is 11.8. The van der Waals surface area contributed by atoms with Gasteiger partial charge in [-0.05, 0) is 31.2 Å². The van der Waals surface area contributed by atoms with Gasteiger partial charge in [-0.2, -0.15) is 4.98 Å². The summed E-state index contributed by atoms with van der Waals surface area (Å²) in [5.41, 5.74) is 7.83. The minimum absolute atomic E-state index is 0.0860. The molecule has 19 heavy (non-hydrogen) atoms. The van der Waals surface area contributed by atoms with Crippen molar-refractivity contribution in [3.63, 3.8) is 0 Å². The third kappa shape index (κ3) is 2.52. The Balaban J connectivity index is 1.85. The number of halogens is 1. The van der Waals surface area contributed by atoms with Crippen LogP contribution in [0.4, 0.5) is 11.7 Å². The van der Waals surface area contributed by atoms with Crippen LogP contribution in [0.15, 0.2) is 34.7 Å². The molecule has 3 rings (SSSR count). The van der Waals surface area contributed by atoms with Crippen LogP contribution in [0.25, 0.3) is 11.1 Å². The minimum atomic E-state index is 0.0860. The van der Waals surface area contributed by atoms with Gasteiger partial charge < -0.3 is 15.5 Å². The van der Waals surface area contributed by atoms with Crippen LogP contribution >= 0.6 is 22.9 Å². The molecule has 0 aliphatic rings. The number of nitrogens with zero attached hydrogens (tertiary/aromatic N) is 1. The van der Waals surface area contributed by atoms with Crippen LogP contribution in [-0.4, -0.2) is 4.98 Å². The Labute approximate surface area is 119 Å². The van der Waals surface area contributed by atoms with Gasteiger partial charge >= 0.3 is 0 Å². The molecule has 3 N–H and O–H groups in total. The lowest BCUT2D eigenvalue weighted by molar-refractivity contribution is 0.605. The monoisotopic (exact) mass is 293 g/mol. The van der Waals surface area contributed by atoms with Gasteiger partial charge in [0.1, 0.15) is 5.52 Å². The quantitative estimate of drug-likeness (QED) is 0.707. The van der Waals surface area contributed by atoms with Crippen molar-refractivity contribution < 1.29 is 4.42 Å². The van der Waals surface area contributed by atoms with Crippen molar-refractivity contribution in [2.45, 2.75) is 13.0 Å². The molecule has 0 spiro atoms. The standard InChI is InChI=1S/C13H12ClN3OS/c1-7(11-4-5-12(14)19-11)16-13-17-9-3-2-8(15)6-10(9)18-13/h2-7H,15H2,1H3,(H,16,17). The van der Waals surface area contributed by atoms with Crippen LogP contribution in [0.2, 0.25) is 4.34 Å². The Hall–Kier alpha value is -1.72. The van der Waals surface area contributed by atoms with Gasteiger partial charge in [-0.15, -0.1) is 11.3 Å². The number of hydrogen-bond acceptors (Lipinski definition) is 5. The van der Waals surface area contributed by atoms with Crippen molar-refractivity contribution >= 4 is 45.7 Å². The molecule has 4 nitrogen and oxygen atoms in total. The molecule has 0 amide bonds. The molecular weight excluding hydrogens is 282 g/mol. The highest BCUT2D eigenvalue weighted by molar-refractivity contribution is 7.16. The topological polar surface area (TPSA) is 64.1 Å². The summed E-state index contributed by atoms with van der Waals surface area (Å²) in [6, 6.07) is 9.85. The smallest absolute Gasteiger partial charge is 0.296 e. The minimum Gasteiger partial charge on any atom is -0.423 e. The second-order valence-corrected chi connectivity index (χ2v) is 6.00. The first-order valence-electron chi connectivity index (χ1n) is 5.79. The number of nitrogens with two attached hydrogens (primary N) is 1. The number of fused-ring (bicyclic) bond motifs is 1. The first-order valence-corrected chi connectivity index (χ1v) is 6.99. The number of aromatic nitrogens is 1. The number of thiophene rings is 1. The van der Waals surface area contributed by atoms with Gasteiger partial charge in [-0.1, -0.05) is 11.6 Å². The van der Waals surface area contributed by atoms with Crippen molar-refractivity contribution in [2.24, 2.45) is 0 Å². The van der Waals surface area contributed by atoms with Crippen LogP contribution in [0.3, 0.4) is 0 Å². The Morgan fingerprint density at radius 2 is 2.21 bits per heavy atom. The van der Waals surface area contributed by atoms with Gasteiger partial charge in [-0.25, -0.2) is 0 Å². The van der Waals surface area contributed by atoms with E-state index in [0.29, 0.717) is 17.3 Å². The van der Waals surface area contributed by atoms with Gasteiger partial charge in [0.15, 0.2) is 5.58 Å². The Morgan fingerprint density at radius 1 is 1.37 bits per heavy atom. The second kappa shape index (κ2) is 4.75. The van der Waals surface area contributed by atoms with E-state index in [2.05, 4.69) is 10.3 Å². The summed E-state index contributed by atoms with van der Waals surface area (Å²) < 4.78 is 6.39. The third-order valence-electron chi connectivity index (χ3n) is 2.77. The maximum absolute atomic E-state index is 5.93. The molecule has 0 saturated heterocycles. The number of benzene rings is 1. The molecule has 0 aliphatic carbocycles. The van der Waals surface area contributed by atoms with Gasteiger partial charge in [0, 0.05) is 16.6 Å². The van der Waals surface area contributed by atoms with Gasteiger partial charge in [0.05, 0.1) is 10.4 Å². The highest BCUT2D eigenvalue weighted by Crippen LogP contribution is 2.30. The van der Waals surface area contributed by atoms with E-state index in [4.69, 9.17) is 21.8 Å². The van der Waals surface area contributed by atoms with Gasteiger partial charge in [0.25, 0.3) is 6.01 Å². The summed E-state index contributed by atoms with van der Waals surface area (Å²) in [5.74, 6) is 0. The van der Waals surface area contributed by atoms with E-state index in [1.54, 1.807) is 12.1 Å². The zero-order valence-electron chi connectivity index (χ0n) is 10.2. The SMILES string of the molecule is CC(Nc1nc2ccc(N)cc2o1)c1ccc(Cl)s1. The van der Waals surface area contributed by atoms with Crippen LogP contribution in [0, 0.1) is 0 Å². The molecule has 2 aromatic heterocycles. The van der Waals surface area contributed by atoms with E-state index < -0.39 is 0 Å². The van der Waals surface area contributed by atoms with Crippen molar-refractivity contribution in [3.05, 3.63) is 39.5 Å². The maximum atomic E-state index is 5.93. The molecule has 1 unspecified atom stereocenters. The lowest BCUT2D eigenvalue weighted by Crippen LogP contribution is -2.04. The Kier molecular flexibility index (Phi) is 3.08. The molecule has 0 radical (unpaired) electrons. The largest absolute Gasteiger partial charge is 0.423 e. The summed E-state index contributed by atoms with van der Waals surface area (Å²) in [7, 11) is 0. The Morgan fingerprint density at radius 3 is 2.95 bits per heavy atom. The summed E-state index contributed by atoms with van der Waals surface area (Å²) in [6.45, 7) is 2.03. The number of rotatable bonds is 3. The lowest BCUT2D eigenvalue weighted by atomic mass is 10.3. The first kappa shape index (κ1) is 12.3. The molecule has 1 aromatic carbocycles. The number of hydrogen-bond donors (Lipinski definition) is 2. The summed E-state index contributed by atoms with van der Waals surface area (Å²) >= 11 is 7.46. The predicted octanol–water partition coefficient (Wildman–Crippen LogP) is 4.30. The van der Waals surface area contributed by atoms with E-state index in [1.165, 1.54) is 11.3 Å². The molecule has 0 saturated carbocycles. The fourth-order valence-electron chi connectivity index (χ4n) is 1.82. The van der Waals surface area contributed by atoms with E-state index in [0.717, 1.165) is 14.7 Å². The second-order valence-electron chi connectivity index (χ2n) is 4.25. The van der Waals surface area contributed by atoms with E-state index in [-0.39, 0.29) is 6.04 Å². The molecule has 0 aliphatic heterocycles. The molecule has 0 bridgehead atoms. The number of nitrogens with one attached hydrogen (secondary N) is 1. The normalized spacial score (nSPS) is 12.7. The first-order chi connectivity index (χ1) is 9.11. The molecule has 98 valence electrons. The molecular formula is C13H12ClN3OS. The average Bonchev–Trinajstić information content (AvgIpc) is 2.94. The molecule has 2 heterocycles. The fraction of sp³-hybridized carbons (Fsp3) is 0.154. The average molecular weight is 294 g/mol. The predicted molar refractivity (Wildman–Crippen MR) is 79.8 cm³/mol. The van der Waals surface area contributed by atoms with E-state index in [9.17, 15) is 0 Å². The van der Waals surface area contributed by atoms with Crippen molar-refractivity contribution in [1.29, 1.82) is 0 Å². The molecule has 0 fully saturated rings. The third-order valence-corrected chi connectivity index (χ3v) is 4.19. The summed E-state index contributed by atoms with van der Waals surface area (Å²) in [6.07, 6.45) is 0. The van der Waals surface area contributed by atoms with Crippen LogP contribution in [-0.2, 0) is 0 Å². The molecule has 6 heteroatoms. The number of nitrogen functional groups attached to an aromatic ring is 1. The van der Waals surface area contributed by atoms with Crippen molar-refractivity contribution in [2.75, 3.05) is 11.1 Å². The highest BCUT2D eigenvalue weighted by Gasteiger charge is 2.12. The number of oxazole rings is 1. The molecule has 1 atom stereocenters. The maximum Gasteiger partial charge on any atom is 0.296 e. The van der Waals surface area contributed by atoms with Crippen LogP contribution < -0.4 is 11.1 Å². The van der Waals surface area contributed by atoms with Gasteiger partial charge in [-0.3, -0.25) is 0 Å². The van der Waals surface area contributed by atoms with E-state index in [1.807, 2.05) is 25.1 Å². The lowest BCUT2D eigenvalue weighted by Gasteiger charge is -2.08. The van der Waals surface area contributed by atoms with Crippen LogP contribution in [0.5, 0.6) is 0 Å².